The van der Waals surface area contributed by atoms with Crippen molar-refractivity contribution in [2.45, 2.75) is 12.8 Å². The van der Waals surface area contributed by atoms with Crippen LogP contribution >= 0.6 is 0 Å². The van der Waals surface area contributed by atoms with Crippen molar-refractivity contribution < 1.29 is 15.0 Å². The Hall–Kier alpha value is -1.52. The highest BCUT2D eigenvalue weighted by atomic mass is 16.4. The summed E-state index contributed by atoms with van der Waals surface area (Å²) in [4.78, 5) is 16.3. The van der Waals surface area contributed by atoms with Gasteiger partial charge in [0.1, 0.15) is 5.82 Å². The van der Waals surface area contributed by atoms with Gasteiger partial charge in [0.25, 0.3) is 0 Å². The maximum absolute atomic E-state index is 10.1. The van der Waals surface area contributed by atoms with Crippen molar-refractivity contribution in [1.29, 1.82) is 0 Å². The quantitative estimate of drug-likeness (QED) is 0.580. The molecular weight excluding hydrogens is 148 g/mol. The lowest BCUT2D eigenvalue weighted by Gasteiger charge is -1.89. The number of rotatable bonds is 3. The molecule has 0 fully saturated rings. The molecule has 0 atom stereocenters. The van der Waals surface area contributed by atoms with Crippen LogP contribution in [0.4, 0.5) is 0 Å². The topological polar surface area (TPSA) is 86.2 Å². The van der Waals surface area contributed by atoms with Crippen LogP contribution in [0.25, 0.3) is 0 Å². The van der Waals surface area contributed by atoms with E-state index in [0.717, 1.165) is 0 Å². The Kier molecular flexibility index (Phi) is 2.10. The Morgan fingerprint density at radius 2 is 2.45 bits per heavy atom. The first kappa shape index (κ1) is 7.59. The molecule has 1 aromatic heterocycles. The fraction of sp³-hybridized carbons (Fsp3) is 0.333. The molecule has 5 heteroatoms. The second-order valence-electron chi connectivity index (χ2n) is 2.11. The molecule has 0 radical (unpaired) electrons. The molecule has 0 aliphatic carbocycles. The monoisotopic (exact) mass is 156 g/mol. The number of aryl methyl sites for hydroxylation is 1. The zero-order chi connectivity index (χ0) is 8.27. The van der Waals surface area contributed by atoms with Gasteiger partial charge in [-0.1, -0.05) is 0 Å². The molecule has 5 nitrogen and oxygen atoms in total. The number of carboxylic acids is 1. The lowest BCUT2D eigenvalue weighted by molar-refractivity contribution is -0.137. The molecule has 60 valence electrons. The highest BCUT2D eigenvalue weighted by Gasteiger charge is 2.01. The van der Waals surface area contributed by atoms with E-state index < -0.39 is 5.97 Å². The predicted octanol–water partition coefficient (Wildman–Crippen LogP) is 0.133. The van der Waals surface area contributed by atoms with Crippen LogP contribution in [0, 0.1) is 0 Å². The molecule has 0 aliphatic heterocycles. The molecule has 0 bridgehead atoms. The number of aromatic nitrogens is 2. The number of nitrogens with one attached hydrogen (secondary N) is 1. The SMILES string of the molecule is O=C(O)CCc1ncc(O)[nH]1. The number of aromatic amines is 1. The number of imidazole rings is 1. The molecule has 1 heterocycles. The third-order valence-corrected chi connectivity index (χ3v) is 1.19. The van der Waals surface area contributed by atoms with Crippen LogP contribution in [0.2, 0.25) is 0 Å². The maximum Gasteiger partial charge on any atom is 0.303 e. The summed E-state index contributed by atoms with van der Waals surface area (Å²) in [5.41, 5.74) is 0. The second kappa shape index (κ2) is 3.05. The highest BCUT2D eigenvalue weighted by molar-refractivity contribution is 5.66. The zero-order valence-electron chi connectivity index (χ0n) is 5.74. The van der Waals surface area contributed by atoms with Gasteiger partial charge < -0.3 is 15.2 Å². The normalized spacial score (nSPS) is 9.82. The van der Waals surface area contributed by atoms with Gasteiger partial charge in [-0.25, -0.2) is 4.98 Å². The first-order chi connectivity index (χ1) is 5.18. The third kappa shape index (κ3) is 2.29. The van der Waals surface area contributed by atoms with E-state index in [0.29, 0.717) is 12.2 Å². The van der Waals surface area contributed by atoms with Crippen LogP contribution in [-0.2, 0) is 11.2 Å². The van der Waals surface area contributed by atoms with Gasteiger partial charge in [-0.15, -0.1) is 0 Å². The highest BCUT2D eigenvalue weighted by Crippen LogP contribution is 2.04. The molecule has 3 N–H and O–H groups in total. The van der Waals surface area contributed by atoms with E-state index in [1.807, 2.05) is 0 Å². The van der Waals surface area contributed by atoms with Crippen LogP contribution in [0.5, 0.6) is 5.88 Å². The largest absolute Gasteiger partial charge is 0.493 e. The minimum Gasteiger partial charge on any atom is -0.493 e. The second-order valence-corrected chi connectivity index (χ2v) is 2.11. The number of aliphatic carboxylic acids is 1. The summed E-state index contributed by atoms with van der Waals surface area (Å²) in [7, 11) is 0. The van der Waals surface area contributed by atoms with Crippen molar-refractivity contribution in [2.75, 3.05) is 0 Å². The Morgan fingerprint density at radius 1 is 1.73 bits per heavy atom. The molecule has 0 spiro atoms. The zero-order valence-corrected chi connectivity index (χ0v) is 5.74. The van der Waals surface area contributed by atoms with Gasteiger partial charge in [0.2, 0.25) is 5.88 Å². The minimum absolute atomic E-state index is 0.0208. The van der Waals surface area contributed by atoms with Crippen molar-refractivity contribution in [3.63, 3.8) is 0 Å². The molecule has 0 saturated heterocycles. The summed E-state index contributed by atoms with van der Waals surface area (Å²) in [5.74, 6) is -0.420. The molecular formula is C6H8N2O3. The van der Waals surface area contributed by atoms with E-state index in [2.05, 4.69) is 9.97 Å². The Bertz CT molecular complexity index is 256. The number of H-pyrrole nitrogens is 1. The Balaban J connectivity index is 2.45. The Labute approximate surface area is 62.7 Å². The van der Waals surface area contributed by atoms with E-state index in [-0.39, 0.29) is 12.3 Å². The van der Waals surface area contributed by atoms with Crippen molar-refractivity contribution in [1.82, 2.24) is 9.97 Å². The van der Waals surface area contributed by atoms with Crippen molar-refractivity contribution >= 4 is 5.97 Å². The Morgan fingerprint density at radius 3 is 2.91 bits per heavy atom. The third-order valence-electron chi connectivity index (χ3n) is 1.19. The van der Waals surface area contributed by atoms with Gasteiger partial charge in [0.15, 0.2) is 0 Å². The molecule has 0 aliphatic rings. The minimum atomic E-state index is -0.874. The van der Waals surface area contributed by atoms with Gasteiger partial charge in [-0.3, -0.25) is 4.79 Å². The molecule has 0 saturated carbocycles. The lowest BCUT2D eigenvalue weighted by Crippen LogP contribution is -1.98. The van der Waals surface area contributed by atoms with Crippen LogP contribution in [0.3, 0.4) is 0 Å². The van der Waals surface area contributed by atoms with E-state index >= 15 is 0 Å². The number of hydrogen-bond acceptors (Lipinski definition) is 3. The summed E-state index contributed by atoms with van der Waals surface area (Å²) >= 11 is 0. The molecule has 0 aromatic carbocycles. The summed E-state index contributed by atoms with van der Waals surface area (Å²) in [6.07, 6.45) is 1.58. The van der Waals surface area contributed by atoms with E-state index in [9.17, 15) is 4.79 Å². The first-order valence-electron chi connectivity index (χ1n) is 3.13. The van der Waals surface area contributed by atoms with Crippen LogP contribution < -0.4 is 0 Å². The summed E-state index contributed by atoms with van der Waals surface area (Å²) in [5, 5.41) is 17.0. The fourth-order valence-electron chi connectivity index (χ4n) is 0.704. The van der Waals surface area contributed by atoms with Crippen LogP contribution in [0.15, 0.2) is 6.20 Å². The molecule has 0 amide bonds. The number of carboxylic acid groups (broad SMARTS) is 1. The number of aromatic hydroxyl groups is 1. The van der Waals surface area contributed by atoms with E-state index in [1.165, 1.54) is 6.20 Å². The molecule has 1 rings (SSSR count). The molecule has 11 heavy (non-hydrogen) atoms. The van der Waals surface area contributed by atoms with Crippen molar-refractivity contribution in [3.05, 3.63) is 12.0 Å². The van der Waals surface area contributed by atoms with Gasteiger partial charge in [0.05, 0.1) is 12.6 Å². The molecule has 1 aromatic rings. The van der Waals surface area contributed by atoms with Crippen LogP contribution in [-0.4, -0.2) is 26.2 Å². The average molecular weight is 156 g/mol. The lowest BCUT2D eigenvalue weighted by atomic mass is 10.3. The maximum atomic E-state index is 10.1. The molecule has 0 unspecified atom stereocenters. The number of nitrogens with zero attached hydrogens (tertiary/aromatic N) is 1. The van der Waals surface area contributed by atoms with Crippen LogP contribution in [0.1, 0.15) is 12.2 Å². The first-order valence-corrected chi connectivity index (χ1v) is 3.13. The average Bonchev–Trinajstić information content (AvgIpc) is 2.31. The standard InChI is InChI=1S/C6H8N2O3/c9-5-3-7-4(8-5)1-2-6(10)11/h3,9H,1-2H2,(H,7,8)(H,10,11). The van der Waals surface area contributed by atoms with Gasteiger partial charge in [-0.05, 0) is 0 Å². The van der Waals surface area contributed by atoms with Gasteiger partial charge in [0, 0.05) is 6.42 Å². The summed E-state index contributed by atoms with van der Waals surface area (Å²) in [6, 6.07) is 0. The predicted molar refractivity (Wildman–Crippen MR) is 36.2 cm³/mol. The van der Waals surface area contributed by atoms with Crippen molar-refractivity contribution in [2.24, 2.45) is 0 Å². The van der Waals surface area contributed by atoms with Gasteiger partial charge in [-0.2, -0.15) is 0 Å². The van der Waals surface area contributed by atoms with E-state index in [4.69, 9.17) is 10.2 Å². The number of hydrogen-bond donors (Lipinski definition) is 3. The van der Waals surface area contributed by atoms with E-state index in [1.54, 1.807) is 0 Å². The van der Waals surface area contributed by atoms with Crippen molar-refractivity contribution in [3.8, 4) is 5.88 Å². The number of carbonyl (C=O) groups is 1. The summed E-state index contributed by atoms with van der Waals surface area (Å²) < 4.78 is 0. The smallest absolute Gasteiger partial charge is 0.303 e. The summed E-state index contributed by atoms with van der Waals surface area (Å²) in [6.45, 7) is 0. The van der Waals surface area contributed by atoms with Gasteiger partial charge >= 0.3 is 5.97 Å². The fourth-order valence-corrected chi connectivity index (χ4v) is 0.704.